The molecule has 0 saturated carbocycles. The summed E-state index contributed by atoms with van der Waals surface area (Å²) in [5.74, 6) is 0. The van der Waals surface area contributed by atoms with Gasteiger partial charge in [0.25, 0.3) is 10.1 Å². The van der Waals surface area contributed by atoms with Crippen molar-refractivity contribution in [2.45, 2.75) is 44.3 Å². The van der Waals surface area contributed by atoms with E-state index in [0.29, 0.717) is 25.0 Å². The first-order valence-electron chi connectivity index (χ1n) is 7.59. The largest absolute Gasteiger partial charge is 0.374 e. The number of rotatable bonds is 7. The fraction of sp³-hybridized carbons (Fsp3) is 0.333. The van der Waals surface area contributed by atoms with Gasteiger partial charge in [-0.25, -0.2) is 0 Å². The van der Waals surface area contributed by atoms with Crippen LogP contribution < -0.4 is 0 Å². The Labute approximate surface area is 137 Å². The van der Waals surface area contributed by atoms with Crippen LogP contribution in [0.25, 0.3) is 0 Å². The van der Waals surface area contributed by atoms with Crippen LogP contribution in [0.3, 0.4) is 0 Å². The molecular formula is C18H22O4S. The minimum atomic E-state index is -4.19. The van der Waals surface area contributed by atoms with Crippen molar-refractivity contribution in [1.82, 2.24) is 0 Å². The van der Waals surface area contributed by atoms with Crippen LogP contribution >= 0.6 is 0 Å². The molecule has 1 N–H and O–H groups in total. The second-order valence-corrected chi connectivity index (χ2v) is 7.12. The summed E-state index contributed by atoms with van der Waals surface area (Å²) in [6.07, 6.45) is 1.20. The van der Waals surface area contributed by atoms with Crippen molar-refractivity contribution in [2.75, 3.05) is 0 Å². The number of hydrogen-bond acceptors (Lipinski definition) is 3. The molecule has 2 aromatic rings. The van der Waals surface area contributed by atoms with Crippen molar-refractivity contribution in [2.24, 2.45) is 0 Å². The van der Waals surface area contributed by atoms with Crippen molar-refractivity contribution in [3.8, 4) is 0 Å². The van der Waals surface area contributed by atoms with Crippen molar-refractivity contribution < 1.29 is 17.7 Å². The lowest BCUT2D eigenvalue weighted by Crippen LogP contribution is -2.11. The number of benzene rings is 2. The van der Waals surface area contributed by atoms with Crippen LogP contribution in [0.1, 0.15) is 30.0 Å². The van der Waals surface area contributed by atoms with E-state index in [1.807, 2.05) is 44.2 Å². The molecule has 1 atom stereocenters. The highest BCUT2D eigenvalue weighted by Crippen LogP contribution is 2.20. The Balaban J connectivity index is 1.96. The molecule has 0 radical (unpaired) electrons. The lowest BCUT2D eigenvalue weighted by atomic mass is 10.0. The molecule has 0 aliphatic rings. The highest BCUT2D eigenvalue weighted by molar-refractivity contribution is 7.85. The topological polar surface area (TPSA) is 63.6 Å². The summed E-state index contributed by atoms with van der Waals surface area (Å²) in [5, 5.41) is 0. The highest BCUT2D eigenvalue weighted by Gasteiger charge is 2.16. The van der Waals surface area contributed by atoms with Gasteiger partial charge in [0.2, 0.25) is 0 Å². The SMILES string of the molecule is Cc1ccc(S(=O)(=O)O)c(CC[C@H](C)OCc2ccccc2)c1. The Kier molecular flexibility index (Phi) is 5.93. The van der Waals surface area contributed by atoms with Gasteiger partial charge in [-0.15, -0.1) is 0 Å². The first-order valence-corrected chi connectivity index (χ1v) is 9.03. The number of hydrogen-bond donors (Lipinski definition) is 1. The third-order valence-corrected chi connectivity index (χ3v) is 4.65. The molecule has 0 bridgehead atoms. The van der Waals surface area contributed by atoms with Gasteiger partial charge in [0, 0.05) is 0 Å². The van der Waals surface area contributed by atoms with Crippen LogP contribution in [0.5, 0.6) is 0 Å². The molecule has 0 amide bonds. The number of aryl methyl sites for hydroxylation is 2. The molecule has 0 spiro atoms. The zero-order valence-corrected chi connectivity index (χ0v) is 14.2. The fourth-order valence-corrected chi connectivity index (χ4v) is 3.14. The molecule has 0 aromatic heterocycles. The third kappa shape index (κ3) is 5.46. The predicted octanol–water partition coefficient (Wildman–Crippen LogP) is 3.78. The smallest absolute Gasteiger partial charge is 0.294 e. The second kappa shape index (κ2) is 7.73. The first-order chi connectivity index (χ1) is 10.9. The predicted molar refractivity (Wildman–Crippen MR) is 90.0 cm³/mol. The molecule has 124 valence electrons. The average Bonchev–Trinajstić information content (AvgIpc) is 2.51. The quantitative estimate of drug-likeness (QED) is 0.783. The Morgan fingerprint density at radius 1 is 1.13 bits per heavy atom. The maximum absolute atomic E-state index is 11.4. The van der Waals surface area contributed by atoms with Crippen molar-refractivity contribution in [3.63, 3.8) is 0 Å². The molecule has 2 aromatic carbocycles. The summed E-state index contributed by atoms with van der Waals surface area (Å²) in [5.41, 5.74) is 2.70. The lowest BCUT2D eigenvalue weighted by Gasteiger charge is -2.14. The maximum atomic E-state index is 11.4. The van der Waals surface area contributed by atoms with E-state index in [1.54, 1.807) is 12.1 Å². The Bertz CT molecular complexity index is 739. The molecule has 0 unspecified atom stereocenters. The third-order valence-electron chi connectivity index (χ3n) is 3.69. The second-order valence-electron chi connectivity index (χ2n) is 5.73. The van der Waals surface area contributed by atoms with Gasteiger partial charge in [0.15, 0.2) is 0 Å². The maximum Gasteiger partial charge on any atom is 0.294 e. The van der Waals surface area contributed by atoms with E-state index in [4.69, 9.17) is 4.74 Å². The average molecular weight is 334 g/mol. The molecule has 0 saturated heterocycles. The van der Waals surface area contributed by atoms with E-state index in [0.717, 1.165) is 11.1 Å². The molecule has 0 heterocycles. The summed E-state index contributed by atoms with van der Waals surface area (Å²) < 4.78 is 38.0. The minimum Gasteiger partial charge on any atom is -0.374 e. The summed E-state index contributed by atoms with van der Waals surface area (Å²) in [6, 6.07) is 14.8. The van der Waals surface area contributed by atoms with E-state index in [9.17, 15) is 13.0 Å². The molecule has 0 aliphatic carbocycles. The van der Waals surface area contributed by atoms with Crippen LogP contribution in [-0.4, -0.2) is 19.1 Å². The van der Waals surface area contributed by atoms with Gasteiger partial charge < -0.3 is 4.74 Å². The van der Waals surface area contributed by atoms with Gasteiger partial charge in [0.1, 0.15) is 0 Å². The van der Waals surface area contributed by atoms with Crippen LogP contribution in [0.2, 0.25) is 0 Å². The van der Waals surface area contributed by atoms with E-state index < -0.39 is 10.1 Å². The van der Waals surface area contributed by atoms with Gasteiger partial charge in [-0.3, -0.25) is 4.55 Å². The van der Waals surface area contributed by atoms with Crippen LogP contribution in [-0.2, 0) is 27.9 Å². The Hall–Kier alpha value is -1.69. The molecule has 5 heteroatoms. The summed E-state index contributed by atoms with van der Waals surface area (Å²) >= 11 is 0. The first kappa shape index (κ1) is 17.7. The zero-order valence-electron chi connectivity index (χ0n) is 13.4. The molecular weight excluding hydrogens is 312 g/mol. The Morgan fingerprint density at radius 3 is 2.48 bits per heavy atom. The van der Waals surface area contributed by atoms with Crippen molar-refractivity contribution in [1.29, 1.82) is 0 Å². The van der Waals surface area contributed by atoms with E-state index in [-0.39, 0.29) is 11.0 Å². The normalized spacial score (nSPS) is 13.0. The molecule has 0 aliphatic heterocycles. The minimum absolute atomic E-state index is 0.00929. The molecule has 2 rings (SSSR count). The highest BCUT2D eigenvalue weighted by atomic mass is 32.2. The number of ether oxygens (including phenoxy) is 1. The molecule has 4 nitrogen and oxygen atoms in total. The molecule has 23 heavy (non-hydrogen) atoms. The van der Waals surface area contributed by atoms with Crippen LogP contribution in [0.4, 0.5) is 0 Å². The fourth-order valence-electron chi connectivity index (χ4n) is 2.41. The summed E-state index contributed by atoms with van der Waals surface area (Å²) in [7, 11) is -4.19. The summed E-state index contributed by atoms with van der Waals surface area (Å²) in [4.78, 5) is -0.0154. The van der Waals surface area contributed by atoms with Gasteiger partial charge >= 0.3 is 0 Å². The standard InChI is InChI=1S/C18H22O4S/c1-14-8-11-18(23(19,20)21)17(12-14)10-9-15(2)22-13-16-6-4-3-5-7-16/h3-8,11-12,15H,9-10,13H2,1-2H3,(H,19,20,21)/t15-/m0/s1. The van der Waals surface area contributed by atoms with Gasteiger partial charge in [-0.1, -0.05) is 48.0 Å². The van der Waals surface area contributed by atoms with Crippen LogP contribution in [0.15, 0.2) is 53.4 Å². The van der Waals surface area contributed by atoms with Gasteiger partial charge in [0.05, 0.1) is 17.6 Å². The van der Waals surface area contributed by atoms with Gasteiger partial charge in [-0.2, -0.15) is 8.42 Å². The van der Waals surface area contributed by atoms with E-state index in [1.165, 1.54) is 6.07 Å². The van der Waals surface area contributed by atoms with Crippen LogP contribution in [0, 0.1) is 6.92 Å². The molecule has 0 fully saturated rings. The zero-order chi connectivity index (χ0) is 16.9. The van der Waals surface area contributed by atoms with E-state index in [2.05, 4.69) is 0 Å². The van der Waals surface area contributed by atoms with Crippen molar-refractivity contribution >= 4 is 10.1 Å². The summed E-state index contributed by atoms with van der Waals surface area (Å²) in [6.45, 7) is 4.39. The van der Waals surface area contributed by atoms with Gasteiger partial charge in [-0.05, 0) is 43.9 Å². The lowest BCUT2D eigenvalue weighted by molar-refractivity contribution is 0.0477. The monoisotopic (exact) mass is 334 g/mol. The Morgan fingerprint density at radius 2 is 1.83 bits per heavy atom. The van der Waals surface area contributed by atoms with E-state index >= 15 is 0 Å². The van der Waals surface area contributed by atoms with Crippen molar-refractivity contribution in [3.05, 3.63) is 65.2 Å².